The summed E-state index contributed by atoms with van der Waals surface area (Å²) >= 11 is 0. The van der Waals surface area contributed by atoms with Crippen molar-refractivity contribution in [2.75, 3.05) is 13.7 Å². The molecule has 1 aliphatic rings. The number of methoxy groups -OCH3 is 1. The summed E-state index contributed by atoms with van der Waals surface area (Å²) in [5.41, 5.74) is 2.85. The molecule has 72 valence electrons. The number of rotatable bonds is 4. The molecule has 1 fully saturated rings. The van der Waals surface area contributed by atoms with Gasteiger partial charge >= 0.3 is 0 Å². The summed E-state index contributed by atoms with van der Waals surface area (Å²) in [6, 6.07) is 0.357. The molecular formula is C9H20N2O. The fourth-order valence-electron chi connectivity index (χ4n) is 2.04. The number of nitrogens with two attached hydrogens (primary N) is 1. The van der Waals surface area contributed by atoms with Gasteiger partial charge in [-0.25, -0.2) is 0 Å². The third-order valence-electron chi connectivity index (χ3n) is 2.78. The first-order valence-electron chi connectivity index (χ1n) is 4.83. The van der Waals surface area contributed by atoms with E-state index in [9.17, 15) is 0 Å². The Labute approximate surface area is 74.6 Å². The van der Waals surface area contributed by atoms with Gasteiger partial charge in [-0.15, -0.1) is 0 Å². The van der Waals surface area contributed by atoms with E-state index >= 15 is 0 Å². The van der Waals surface area contributed by atoms with Gasteiger partial charge in [0.05, 0.1) is 6.61 Å². The molecule has 0 spiro atoms. The molecule has 1 unspecified atom stereocenters. The maximum atomic E-state index is 5.46. The number of ether oxygens (including phenoxy) is 1. The molecule has 0 aromatic rings. The van der Waals surface area contributed by atoms with Gasteiger partial charge in [0.25, 0.3) is 0 Å². The molecule has 0 aromatic heterocycles. The molecule has 0 saturated heterocycles. The molecule has 1 rings (SSSR count). The molecule has 3 nitrogen and oxygen atoms in total. The molecule has 0 aromatic carbocycles. The minimum atomic E-state index is 0.357. The summed E-state index contributed by atoms with van der Waals surface area (Å²) in [5, 5.41) is 0. The second-order valence-electron chi connectivity index (χ2n) is 3.63. The van der Waals surface area contributed by atoms with Gasteiger partial charge in [-0.05, 0) is 18.8 Å². The summed E-state index contributed by atoms with van der Waals surface area (Å²) in [6.07, 6.45) is 6.70. The average molecular weight is 172 g/mol. The second kappa shape index (κ2) is 5.51. The van der Waals surface area contributed by atoms with Crippen LogP contribution in [-0.2, 0) is 4.74 Å². The van der Waals surface area contributed by atoms with Crippen molar-refractivity contribution in [3.8, 4) is 0 Å². The first-order chi connectivity index (χ1) is 5.88. The summed E-state index contributed by atoms with van der Waals surface area (Å²) in [4.78, 5) is 0. The third-order valence-corrected chi connectivity index (χ3v) is 2.78. The minimum Gasteiger partial charge on any atom is -0.383 e. The van der Waals surface area contributed by atoms with Gasteiger partial charge in [-0.2, -0.15) is 0 Å². The second-order valence-corrected chi connectivity index (χ2v) is 3.63. The van der Waals surface area contributed by atoms with Crippen molar-refractivity contribution >= 4 is 0 Å². The van der Waals surface area contributed by atoms with Gasteiger partial charge in [-0.1, -0.05) is 19.3 Å². The lowest BCUT2D eigenvalue weighted by atomic mass is 9.84. The Morgan fingerprint density at radius 1 is 1.42 bits per heavy atom. The Hall–Kier alpha value is -0.120. The third kappa shape index (κ3) is 2.73. The monoisotopic (exact) mass is 172 g/mol. The Morgan fingerprint density at radius 2 is 2.08 bits per heavy atom. The van der Waals surface area contributed by atoms with Crippen LogP contribution in [0.2, 0.25) is 0 Å². The highest BCUT2D eigenvalue weighted by Gasteiger charge is 2.22. The number of hydrogen-bond acceptors (Lipinski definition) is 3. The van der Waals surface area contributed by atoms with Crippen molar-refractivity contribution < 1.29 is 4.74 Å². The first-order valence-corrected chi connectivity index (χ1v) is 4.83. The SMILES string of the molecule is COCC(NN)C1CCCCC1. The van der Waals surface area contributed by atoms with E-state index in [0.29, 0.717) is 6.04 Å². The molecular weight excluding hydrogens is 152 g/mol. The highest BCUT2D eigenvalue weighted by molar-refractivity contribution is 4.77. The van der Waals surface area contributed by atoms with Gasteiger partial charge in [0.2, 0.25) is 0 Å². The summed E-state index contributed by atoms with van der Waals surface area (Å²) in [6.45, 7) is 0.737. The van der Waals surface area contributed by atoms with E-state index < -0.39 is 0 Å². The first kappa shape index (κ1) is 9.96. The molecule has 1 aliphatic carbocycles. The summed E-state index contributed by atoms with van der Waals surface area (Å²) in [5.74, 6) is 6.19. The Morgan fingerprint density at radius 3 is 2.58 bits per heavy atom. The van der Waals surface area contributed by atoms with Crippen LogP contribution in [-0.4, -0.2) is 19.8 Å². The van der Waals surface area contributed by atoms with Crippen molar-refractivity contribution in [2.45, 2.75) is 38.1 Å². The molecule has 3 N–H and O–H groups in total. The van der Waals surface area contributed by atoms with Crippen molar-refractivity contribution in [3.05, 3.63) is 0 Å². The standard InChI is InChI=1S/C9H20N2O/c1-12-7-9(11-10)8-5-3-2-4-6-8/h8-9,11H,2-7,10H2,1H3. The van der Waals surface area contributed by atoms with Crippen molar-refractivity contribution in [3.63, 3.8) is 0 Å². The van der Waals surface area contributed by atoms with Crippen LogP contribution in [0.15, 0.2) is 0 Å². The molecule has 0 amide bonds. The number of nitrogens with one attached hydrogen (secondary N) is 1. The van der Waals surface area contributed by atoms with Gasteiger partial charge in [0.1, 0.15) is 0 Å². The van der Waals surface area contributed by atoms with Crippen molar-refractivity contribution in [2.24, 2.45) is 11.8 Å². The van der Waals surface area contributed by atoms with Gasteiger partial charge < -0.3 is 4.74 Å². The largest absolute Gasteiger partial charge is 0.383 e. The summed E-state index contributed by atoms with van der Waals surface area (Å²) < 4.78 is 5.11. The quantitative estimate of drug-likeness (QED) is 0.492. The predicted octanol–water partition coefficient (Wildman–Crippen LogP) is 1.04. The normalized spacial score (nSPS) is 22.5. The molecule has 0 bridgehead atoms. The zero-order valence-corrected chi connectivity index (χ0v) is 7.88. The highest BCUT2D eigenvalue weighted by Crippen LogP contribution is 2.26. The van der Waals surface area contributed by atoms with Crippen LogP contribution < -0.4 is 11.3 Å². The van der Waals surface area contributed by atoms with Crippen LogP contribution in [0.5, 0.6) is 0 Å². The minimum absolute atomic E-state index is 0.357. The highest BCUT2D eigenvalue weighted by atomic mass is 16.5. The van der Waals surface area contributed by atoms with E-state index in [2.05, 4.69) is 5.43 Å². The molecule has 0 aliphatic heterocycles. The smallest absolute Gasteiger partial charge is 0.0632 e. The molecule has 1 atom stereocenters. The van der Waals surface area contributed by atoms with Crippen molar-refractivity contribution in [1.29, 1.82) is 0 Å². The lowest BCUT2D eigenvalue weighted by Gasteiger charge is -2.29. The maximum absolute atomic E-state index is 5.46. The van der Waals surface area contributed by atoms with Crippen LogP contribution >= 0.6 is 0 Å². The topological polar surface area (TPSA) is 47.3 Å². The Balaban J connectivity index is 2.29. The van der Waals surface area contributed by atoms with E-state index in [1.807, 2.05) is 0 Å². The molecule has 3 heteroatoms. The van der Waals surface area contributed by atoms with Gasteiger partial charge in [-0.3, -0.25) is 11.3 Å². The lowest BCUT2D eigenvalue weighted by molar-refractivity contribution is 0.125. The zero-order valence-electron chi connectivity index (χ0n) is 7.88. The van der Waals surface area contributed by atoms with E-state index in [-0.39, 0.29) is 0 Å². The number of hydrazine groups is 1. The van der Waals surface area contributed by atoms with Crippen LogP contribution in [0.3, 0.4) is 0 Å². The maximum Gasteiger partial charge on any atom is 0.0632 e. The Kier molecular flexibility index (Phi) is 4.58. The fraction of sp³-hybridized carbons (Fsp3) is 1.00. The molecule has 0 radical (unpaired) electrons. The molecule has 12 heavy (non-hydrogen) atoms. The van der Waals surface area contributed by atoms with Crippen LogP contribution in [0.1, 0.15) is 32.1 Å². The number of hydrogen-bond donors (Lipinski definition) is 2. The Bertz CT molecular complexity index is 110. The fourth-order valence-corrected chi connectivity index (χ4v) is 2.04. The lowest BCUT2D eigenvalue weighted by Crippen LogP contribution is -2.44. The molecule has 1 saturated carbocycles. The van der Waals surface area contributed by atoms with E-state index in [4.69, 9.17) is 10.6 Å². The zero-order chi connectivity index (χ0) is 8.81. The van der Waals surface area contributed by atoms with Crippen LogP contribution in [0.25, 0.3) is 0 Å². The van der Waals surface area contributed by atoms with Gasteiger partial charge in [0, 0.05) is 13.2 Å². The average Bonchev–Trinajstić information content (AvgIpc) is 2.15. The predicted molar refractivity (Wildman–Crippen MR) is 49.6 cm³/mol. The summed E-state index contributed by atoms with van der Waals surface area (Å²) in [7, 11) is 1.73. The molecule has 0 heterocycles. The van der Waals surface area contributed by atoms with Gasteiger partial charge in [0.15, 0.2) is 0 Å². The van der Waals surface area contributed by atoms with E-state index in [1.165, 1.54) is 32.1 Å². The van der Waals surface area contributed by atoms with Crippen LogP contribution in [0.4, 0.5) is 0 Å². The van der Waals surface area contributed by atoms with E-state index in [0.717, 1.165) is 12.5 Å². The van der Waals surface area contributed by atoms with Crippen molar-refractivity contribution in [1.82, 2.24) is 5.43 Å². The van der Waals surface area contributed by atoms with E-state index in [1.54, 1.807) is 7.11 Å². The van der Waals surface area contributed by atoms with Crippen LogP contribution in [0, 0.1) is 5.92 Å².